The molecule has 1 amide bonds. The summed E-state index contributed by atoms with van der Waals surface area (Å²) in [6, 6.07) is 7.75. The highest BCUT2D eigenvalue weighted by Crippen LogP contribution is 2.15. The van der Waals surface area contributed by atoms with Gasteiger partial charge in [-0.25, -0.2) is 0 Å². The molecule has 0 aliphatic rings. The molecule has 118 valence electrons. The molecular formula is C17H28N2O2. The van der Waals surface area contributed by atoms with Crippen molar-refractivity contribution in [3.63, 3.8) is 0 Å². The molecule has 0 atom stereocenters. The first-order chi connectivity index (χ1) is 10.2. The molecule has 1 N–H and O–H groups in total. The number of hydrogen-bond donors (Lipinski definition) is 1. The van der Waals surface area contributed by atoms with Crippen LogP contribution in [0.5, 0.6) is 5.75 Å². The van der Waals surface area contributed by atoms with Gasteiger partial charge in [-0.05, 0) is 43.5 Å². The fourth-order valence-corrected chi connectivity index (χ4v) is 2.08. The largest absolute Gasteiger partial charge is 0.494 e. The van der Waals surface area contributed by atoms with Crippen molar-refractivity contribution in [2.75, 3.05) is 31.6 Å². The van der Waals surface area contributed by atoms with Gasteiger partial charge in [0.25, 0.3) is 0 Å². The van der Waals surface area contributed by atoms with E-state index in [-0.39, 0.29) is 5.91 Å². The average Bonchev–Trinajstić information content (AvgIpc) is 2.51. The number of ether oxygens (including phenoxy) is 1. The van der Waals surface area contributed by atoms with Gasteiger partial charge in [0, 0.05) is 18.8 Å². The minimum Gasteiger partial charge on any atom is -0.494 e. The molecule has 0 aromatic heterocycles. The minimum atomic E-state index is 0.157. The molecule has 0 spiro atoms. The summed E-state index contributed by atoms with van der Waals surface area (Å²) in [5.74, 6) is 1.03. The molecule has 0 aliphatic heterocycles. The maximum Gasteiger partial charge on any atom is 0.241 e. The molecular weight excluding hydrogens is 264 g/mol. The average molecular weight is 292 g/mol. The summed E-state index contributed by atoms with van der Waals surface area (Å²) in [4.78, 5) is 14.1. The van der Waals surface area contributed by atoms with Crippen LogP contribution in [0.25, 0.3) is 0 Å². The Morgan fingerprint density at radius 1 is 1.05 bits per heavy atom. The van der Waals surface area contributed by atoms with Gasteiger partial charge in [0.1, 0.15) is 5.75 Å². The predicted octanol–water partition coefficient (Wildman–Crippen LogP) is 3.54. The van der Waals surface area contributed by atoms with E-state index in [0.29, 0.717) is 6.54 Å². The van der Waals surface area contributed by atoms with Gasteiger partial charge >= 0.3 is 0 Å². The molecule has 0 saturated carbocycles. The van der Waals surface area contributed by atoms with Gasteiger partial charge in [-0.1, -0.05) is 20.8 Å². The number of nitrogens with zero attached hydrogens (tertiary/aromatic N) is 1. The van der Waals surface area contributed by atoms with Crippen LogP contribution in [0.4, 0.5) is 5.69 Å². The van der Waals surface area contributed by atoms with E-state index in [1.165, 1.54) is 0 Å². The quantitative estimate of drug-likeness (QED) is 0.717. The van der Waals surface area contributed by atoms with E-state index in [4.69, 9.17) is 4.74 Å². The molecule has 0 aliphatic carbocycles. The number of anilines is 1. The van der Waals surface area contributed by atoms with Gasteiger partial charge in [-0.15, -0.1) is 0 Å². The highest BCUT2D eigenvalue weighted by Gasteiger charge is 2.10. The second-order valence-electron chi connectivity index (χ2n) is 5.11. The third kappa shape index (κ3) is 6.52. The lowest BCUT2D eigenvalue weighted by atomic mass is 10.3. The molecule has 1 aromatic carbocycles. The van der Waals surface area contributed by atoms with E-state index in [9.17, 15) is 4.79 Å². The first-order valence-electron chi connectivity index (χ1n) is 7.95. The van der Waals surface area contributed by atoms with E-state index in [2.05, 4.69) is 26.1 Å². The fraction of sp³-hybridized carbons (Fsp3) is 0.588. The summed E-state index contributed by atoms with van der Waals surface area (Å²) in [5, 5.41) is 3.18. The van der Waals surface area contributed by atoms with Gasteiger partial charge < -0.3 is 15.0 Å². The summed E-state index contributed by atoms with van der Waals surface area (Å²) in [7, 11) is 0. The van der Waals surface area contributed by atoms with E-state index >= 15 is 0 Å². The lowest BCUT2D eigenvalue weighted by molar-refractivity contribution is -0.129. The Kier molecular flexibility index (Phi) is 8.32. The summed E-state index contributed by atoms with van der Waals surface area (Å²) >= 11 is 0. The van der Waals surface area contributed by atoms with E-state index in [1.807, 2.05) is 29.2 Å². The molecule has 4 heteroatoms. The summed E-state index contributed by atoms with van der Waals surface area (Å²) in [6.07, 6.45) is 2.99. The van der Waals surface area contributed by atoms with Crippen molar-refractivity contribution in [1.82, 2.24) is 4.90 Å². The van der Waals surface area contributed by atoms with Crippen LogP contribution in [-0.2, 0) is 4.79 Å². The Morgan fingerprint density at radius 2 is 1.67 bits per heavy atom. The zero-order valence-corrected chi connectivity index (χ0v) is 13.5. The zero-order chi connectivity index (χ0) is 15.5. The van der Waals surface area contributed by atoms with Crippen LogP contribution in [0, 0.1) is 0 Å². The van der Waals surface area contributed by atoms with Crippen molar-refractivity contribution in [1.29, 1.82) is 0 Å². The van der Waals surface area contributed by atoms with Crippen LogP contribution in [0.15, 0.2) is 24.3 Å². The monoisotopic (exact) mass is 292 g/mol. The molecule has 21 heavy (non-hydrogen) atoms. The zero-order valence-electron chi connectivity index (χ0n) is 13.5. The first kappa shape index (κ1) is 17.3. The highest BCUT2D eigenvalue weighted by molar-refractivity contribution is 5.80. The second kappa shape index (κ2) is 10.1. The molecule has 0 unspecified atom stereocenters. The van der Waals surface area contributed by atoms with Crippen LogP contribution in [0.3, 0.4) is 0 Å². The number of carbonyl (C=O) groups is 1. The third-order valence-electron chi connectivity index (χ3n) is 3.11. The minimum absolute atomic E-state index is 0.157. The van der Waals surface area contributed by atoms with Gasteiger partial charge in [0.2, 0.25) is 5.91 Å². The van der Waals surface area contributed by atoms with Crippen LogP contribution in [0.1, 0.15) is 40.0 Å². The standard InChI is InChI=1S/C17H28N2O2/c1-4-11-19(12-5-2)17(20)14-18-15-7-9-16(10-8-15)21-13-6-3/h7-10,18H,4-6,11-14H2,1-3H3. The molecule has 4 nitrogen and oxygen atoms in total. The Labute approximate surface area is 128 Å². The van der Waals surface area contributed by atoms with E-state index in [0.717, 1.165) is 50.4 Å². The number of rotatable bonds is 10. The smallest absolute Gasteiger partial charge is 0.241 e. The molecule has 1 aromatic rings. The Balaban J connectivity index is 2.44. The number of hydrogen-bond acceptors (Lipinski definition) is 3. The number of nitrogens with one attached hydrogen (secondary N) is 1. The molecule has 0 bridgehead atoms. The summed E-state index contributed by atoms with van der Waals surface area (Å²) < 4.78 is 5.53. The van der Waals surface area contributed by atoms with Gasteiger partial charge in [0.05, 0.1) is 13.2 Å². The fourth-order valence-electron chi connectivity index (χ4n) is 2.08. The first-order valence-corrected chi connectivity index (χ1v) is 7.95. The van der Waals surface area contributed by atoms with Crippen molar-refractivity contribution in [2.45, 2.75) is 40.0 Å². The van der Waals surface area contributed by atoms with Crippen LogP contribution >= 0.6 is 0 Å². The predicted molar refractivity (Wildman–Crippen MR) is 87.9 cm³/mol. The molecule has 0 radical (unpaired) electrons. The van der Waals surface area contributed by atoms with E-state index < -0.39 is 0 Å². The number of benzene rings is 1. The van der Waals surface area contributed by atoms with Crippen LogP contribution < -0.4 is 10.1 Å². The Hall–Kier alpha value is -1.71. The van der Waals surface area contributed by atoms with Crippen molar-refractivity contribution in [3.05, 3.63) is 24.3 Å². The SMILES string of the molecule is CCCOc1ccc(NCC(=O)N(CCC)CCC)cc1. The lowest BCUT2D eigenvalue weighted by Crippen LogP contribution is -2.36. The van der Waals surface area contributed by atoms with E-state index in [1.54, 1.807) is 0 Å². The van der Waals surface area contributed by atoms with Crippen molar-refractivity contribution in [3.8, 4) is 5.75 Å². The number of amides is 1. The van der Waals surface area contributed by atoms with Gasteiger partial charge in [-0.2, -0.15) is 0 Å². The maximum absolute atomic E-state index is 12.1. The van der Waals surface area contributed by atoms with Gasteiger partial charge in [0.15, 0.2) is 0 Å². The van der Waals surface area contributed by atoms with Crippen molar-refractivity contribution >= 4 is 11.6 Å². The lowest BCUT2D eigenvalue weighted by Gasteiger charge is -2.21. The Morgan fingerprint density at radius 3 is 2.19 bits per heavy atom. The topological polar surface area (TPSA) is 41.6 Å². The Bertz CT molecular complexity index is 398. The third-order valence-corrected chi connectivity index (χ3v) is 3.11. The molecule has 0 saturated heterocycles. The molecule has 1 rings (SSSR count). The van der Waals surface area contributed by atoms with Crippen LogP contribution in [0.2, 0.25) is 0 Å². The maximum atomic E-state index is 12.1. The van der Waals surface area contributed by atoms with Gasteiger partial charge in [-0.3, -0.25) is 4.79 Å². The van der Waals surface area contributed by atoms with Crippen molar-refractivity contribution in [2.24, 2.45) is 0 Å². The van der Waals surface area contributed by atoms with Crippen LogP contribution in [-0.4, -0.2) is 37.0 Å². The second-order valence-corrected chi connectivity index (χ2v) is 5.11. The summed E-state index contributed by atoms with van der Waals surface area (Å²) in [5.41, 5.74) is 0.945. The molecule has 0 fully saturated rings. The highest BCUT2D eigenvalue weighted by atomic mass is 16.5. The van der Waals surface area contributed by atoms with Crippen molar-refractivity contribution < 1.29 is 9.53 Å². The molecule has 0 heterocycles. The normalized spacial score (nSPS) is 10.2. The summed E-state index contributed by atoms with van der Waals surface area (Å²) in [6.45, 7) is 9.01. The number of carbonyl (C=O) groups excluding carboxylic acids is 1.